The Morgan fingerprint density at radius 1 is 1.37 bits per heavy atom. The van der Waals surface area contributed by atoms with E-state index in [0.29, 0.717) is 18.1 Å². The van der Waals surface area contributed by atoms with Gasteiger partial charge in [0, 0.05) is 13.0 Å². The molecule has 3 aromatic rings. The van der Waals surface area contributed by atoms with Crippen LogP contribution in [0.5, 0.6) is 0 Å². The van der Waals surface area contributed by atoms with Gasteiger partial charge in [-0.2, -0.15) is 4.98 Å². The summed E-state index contributed by atoms with van der Waals surface area (Å²) < 4.78 is 6.85. The van der Waals surface area contributed by atoms with Crippen molar-refractivity contribution in [3.05, 3.63) is 41.8 Å². The highest BCUT2D eigenvalue weighted by atomic mass is 35.5. The topological polar surface area (TPSA) is 56.7 Å². The number of halogens is 1. The summed E-state index contributed by atoms with van der Waals surface area (Å²) in [5.74, 6) is 1.95. The molecule has 0 unspecified atom stereocenters. The fourth-order valence-corrected chi connectivity index (χ4v) is 2.41. The van der Waals surface area contributed by atoms with Crippen molar-refractivity contribution in [3.8, 4) is 0 Å². The van der Waals surface area contributed by atoms with Gasteiger partial charge >= 0.3 is 0 Å². The van der Waals surface area contributed by atoms with Crippen LogP contribution < -0.4 is 0 Å². The Hall–Kier alpha value is -1.88. The first-order chi connectivity index (χ1) is 9.29. The van der Waals surface area contributed by atoms with Gasteiger partial charge in [-0.05, 0) is 18.6 Å². The lowest BCUT2D eigenvalue weighted by Gasteiger charge is -2.05. The molecule has 1 aromatic carbocycles. The number of imidazole rings is 1. The van der Waals surface area contributed by atoms with E-state index < -0.39 is 0 Å². The summed E-state index contributed by atoms with van der Waals surface area (Å²) in [4.78, 5) is 8.62. The normalized spacial score (nSPS) is 11.3. The molecule has 0 N–H and O–H groups in total. The molecule has 5 nitrogen and oxygen atoms in total. The number of aromatic nitrogens is 4. The summed E-state index contributed by atoms with van der Waals surface area (Å²) in [6, 6.07) is 6.14. The minimum absolute atomic E-state index is 0.389. The first kappa shape index (κ1) is 12.2. The first-order valence-corrected chi connectivity index (χ1v) is 6.59. The van der Waals surface area contributed by atoms with E-state index in [1.54, 1.807) is 0 Å². The minimum Gasteiger partial charge on any atom is -0.343 e. The zero-order valence-corrected chi connectivity index (χ0v) is 11.3. The molecule has 3 rings (SSSR count). The Morgan fingerprint density at radius 3 is 3.00 bits per heavy atom. The molecule has 0 atom stereocenters. The summed E-state index contributed by atoms with van der Waals surface area (Å²) in [6.45, 7) is 2.79. The highest BCUT2D eigenvalue weighted by molar-refractivity contribution is 6.16. The lowest BCUT2D eigenvalue weighted by Crippen LogP contribution is -2.06. The summed E-state index contributed by atoms with van der Waals surface area (Å²) in [7, 11) is 0. The van der Waals surface area contributed by atoms with E-state index >= 15 is 0 Å². The van der Waals surface area contributed by atoms with Gasteiger partial charge in [-0.3, -0.25) is 0 Å². The van der Waals surface area contributed by atoms with Crippen LogP contribution in [0.4, 0.5) is 0 Å². The molecular formula is C13H13ClN4O. The van der Waals surface area contributed by atoms with Crippen molar-refractivity contribution in [2.24, 2.45) is 0 Å². The van der Waals surface area contributed by atoms with Crippen LogP contribution in [-0.4, -0.2) is 19.7 Å². The van der Waals surface area contributed by atoms with Crippen LogP contribution in [-0.2, 0) is 18.8 Å². The molecule has 0 radical (unpaired) electrons. The highest BCUT2D eigenvalue weighted by Crippen LogP contribution is 2.21. The zero-order chi connectivity index (χ0) is 13.2. The van der Waals surface area contributed by atoms with Crippen LogP contribution >= 0.6 is 11.6 Å². The second-order valence-electron chi connectivity index (χ2n) is 4.35. The number of alkyl halides is 1. The van der Waals surface area contributed by atoms with E-state index in [-0.39, 0.29) is 0 Å². The molecule has 98 valence electrons. The van der Waals surface area contributed by atoms with Gasteiger partial charge in [0.2, 0.25) is 6.39 Å². The molecule has 0 bridgehead atoms. The Kier molecular flexibility index (Phi) is 3.21. The maximum absolute atomic E-state index is 5.98. The number of benzene rings is 1. The third kappa shape index (κ3) is 2.21. The largest absolute Gasteiger partial charge is 0.343 e. The van der Waals surface area contributed by atoms with Crippen molar-refractivity contribution >= 4 is 22.6 Å². The Bertz CT molecular complexity index is 690. The maximum Gasteiger partial charge on any atom is 0.213 e. The SMILES string of the molecule is Cc1cccc2c1nc(CCl)n2CCc1ncon1. The van der Waals surface area contributed by atoms with Crippen molar-refractivity contribution < 1.29 is 4.52 Å². The average Bonchev–Trinajstić information content (AvgIpc) is 3.03. The van der Waals surface area contributed by atoms with E-state index in [2.05, 4.69) is 38.7 Å². The number of hydrogen-bond acceptors (Lipinski definition) is 4. The second-order valence-corrected chi connectivity index (χ2v) is 4.62. The number of hydrogen-bond donors (Lipinski definition) is 0. The van der Waals surface area contributed by atoms with Crippen LogP contribution in [0.2, 0.25) is 0 Å². The van der Waals surface area contributed by atoms with Crippen LogP contribution in [0.15, 0.2) is 29.1 Å². The fourth-order valence-electron chi connectivity index (χ4n) is 2.20. The standard InChI is InChI=1S/C13H13ClN4O/c1-9-3-2-4-10-13(9)16-12(7-14)18(10)6-5-11-15-8-19-17-11/h2-4,8H,5-7H2,1H3. The third-order valence-electron chi connectivity index (χ3n) is 3.15. The number of fused-ring (bicyclic) bond motifs is 1. The number of aryl methyl sites for hydroxylation is 3. The second kappa shape index (κ2) is 5.01. The Morgan fingerprint density at radius 2 is 2.26 bits per heavy atom. The summed E-state index contributed by atoms with van der Waals surface area (Å²) in [6.07, 6.45) is 2.04. The average molecular weight is 277 g/mol. The number of para-hydroxylation sites is 1. The van der Waals surface area contributed by atoms with Crippen molar-refractivity contribution in [2.75, 3.05) is 0 Å². The molecule has 0 saturated heterocycles. The smallest absolute Gasteiger partial charge is 0.213 e. The first-order valence-electron chi connectivity index (χ1n) is 6.05. The molecule has 0 saturated carbocycles. The summed E-state index contributed by atoms with van der Waals surface area (Å²) in [5.41, 5.74) is 3.26. The van der Waals surface area contributed by atoms with Crippen molar-refractivity contribution in [1.29, 1.82) is 0 Å². The van der Waals surface area contributed by atoms with E-state index in [0.717, 1.165) is 29.0 Å². The molecule has 0 aliphatic heterocycles. The molecule has 0 fully saturated rings. The maximum atomic E-state index is 5.98. The van der Waals surface area contributed by atoms with Crippen molar-refractivity contribution in [3.63, 3.8) is 0 Å². The molecular weight excluding hydrogens is 264 g/mol. The third-order valence-corrected chi connectivity index (χ3v) is 3.38. The van der Waals surface area contributed by atoms with Crippen LogP contribution in [0.3, 0.4) is 0 Å². The summed E-state index contributed by atoms with van der Waals surface area (Å²) in [5, 5.41) is 3.82. The van der Waals surface area contributed by atoms with Gasteiger partial charge in [0.25, 0.3) is 0 Å². The lowest BCUT2D eigenvalue weighted by atomic mass is 10.2. The molecule has 0 aliphatic carbocycles. The summed E-state index contributed by atoms with van der Waals surface area (Å²) >= 11 is 5.98. The van der Waals surface area contributed by atoms with E-state index in [1.807, 2.05) is 6.07 Å². The molecule has 0 amide bonds. The molecule has 19 heavy (non-hydrogen) atoms. The predicted molar refractivity (Wildman–Crippen MR) is 72.0 cm³/mol. The monoisotopic (exact) mass is 276 g/mol. The quantitative estimate of drug-likeness (QED) is 0.688. The molecule has 6 heteroatoms. The van der Waals surface area contributed by atoms with Crippen LogP contribution in [0, 0.1) is 6.92 Å². The minimum atomic E-state index is 0.389. The van der Waals surface area contributed by atoms with Gasteiger partial charge < -0.3 is 9.09 Å². The van der Waals surface area contributed by atoms with Gasteiger partial charge in [0.05, 0.1) is 16.9 Å². The van der Waals surface area contributed by atoms with E-state index in [9.17, 15) is 0 Å². The van der Waals surface area contributed by atoms with E-state index in [4.69, 9.17) is 16.1 Å². The Labute approximate surface area is 115 Å². The van der Waals surface area contributed by atoms with Crippen molar-refractivity contribution in [1.82, 2.24) is 19.7 Å². The van der Waals surface area contributed by atoms with Gasteiger partial charge in [-0.15, -0.1) is 11.6 Å². The number of rotatable bonds is 4. The molecule has 2 heterocycles. The van der Waals surface area contributed by atoms with Gasteiger partial charge in [0.15, 0.2) is 5.82 Å². The van der Waals surface area contributed by atoms with Crippen LogP contribution in [0.1, 0.15) is 17.2 Å². The molecule has 0 aliphatic rings. The lowest BCUT2D eigenvalue weighted by molar-refractivity contribution is 0.408. The fraction of sp³-hybridized carbons (Fsp3) is 0.308. The van der Waals surface area contributed by atoms with Crippen molar-refractivity contribution in [2.45, 2.75) is 25.8 Å². The highest BCUT2D eigenvalue weighted by Gasteiger charge is 2.12. The molecule has 2 aromatic heterocycles. The van der Waals surface area contributed by atoms with Gasteiger partial charge in [-0.1, -0.05) is 17.3 Å². The van der Waals surface area contributed by atoms with E-state index in [1.165, 1.54) is 6.39 Å². The Balaban J connectivity index is 1.99. The van der Waals surface area contributed by atoms with Gasteiger partial charge in [-0.25, -0.2) is 4.98 Å². The zero-order valence-electron chi connectivity index (χ0n) is 10.5. The molecule has 0 spiro atoms. The number of nitrogens with zero attached hydrogens (tertiary/aromatic N) is 4. The van der Waals surface area contributed by atoms with Crippen LogP contribution in [0.25, 0.3) is 11.0 Å². The van der Waals surface area contributed by atoms with Gasteiger partial charge in [0.1, 0.15) is 5.82 Å². The predicted octanol–water partition coefficient (Wildman–Crippen LogP) is 2.71.